The van der Waals surface area contributed by atoms with Crippen molar-refractivity contribution in [3.8, 4) is 0 Å². The van der Waals surface area contributed by atoms with Crippen molar-refractivity contribution in [1.29, 1.82) is 0 Å². The summed E-state index contributed by atoms with van der Waals surface area (Å²) in [4.78, 5) is 0. The van der Waals surface area contributed by atoms with Crippen molar-refractivity contribution in [2.24, 2.45) is 0 Å². The SMILES string of the molecule is CCO.[BiH2][c]1ccccc1. The number of benzene rings is 1. The van der Waals surface area contributed by atoms with Crippen LogP contribution in [0.3, 0.4) is 0 Å². The molecule has 56 valence electrons. The Balaban J connectivity index is 0.000000236. The van der Waals surface area contributed by atoms with Crippen LogP contribution in [0.5, 0.6) is 0 Å². The van der Waals surface area contributed by atoms with Gasteiger partial charge in [0.25, 0.3) is 0 Å². The Bertz CT molecular complexity index is 151. The van der Waals surface area contributed by atoms with Crippen molar-refractivity contribution >= 4 is 28.0 Å². The average Bonchev–Trinajstić information content (AvgIpc) is 1.91. The summed E-state index contributed by atoms with van der Waals surface area (Å²) in [5.41, 5.74) is 0. The van der Waals surface area contributed by atoms with E-state index in [0.29, 0.717) is 0 Å². The minimum atomic E-state index is 0.250. The predicted octanol–water partition coefficient (Wildman–Crippen LogP) is -0.0564. The summed E-state index contributed by atoms with van der Waals surface area (Å²) in [7, 11) is 0. The second-order valence-electron chi connectivity index (χ2n) is 1.73. The van der Waals surface area contributed by atoms with Gasteiger partial charge in [0.2, 0.25) is 0 Å². The first kappa shape index (κ1) is 10.1. The fraction of sp³-hybridized carbons (Fsp3) is 0.250. The van der Waals surface area contributed by atoms with Gasteiger partial charge in [-0.25, -0.2) is 0 Å². The number of hydrogen-bond donors (Lipinski definition) is 1. The van der Waals surface area contributed by atoms with E-state index in [2.05, 4.69) is 24.3 Å². The predicted molar refractivity (Wildman–Crippen MR) is 47.4 cm³/mol. The summed E-state index contributed by atoms with van der Waals surface area (Å²) < 4.78 is 1.49. The summed E-state index contributed by atoms with van der Waals surface area (Å²) in [6, 6.07) is 10.5. The zero-order chi connectivity index (χ0) is 7.82. The molecule has 0 aromatic heterocycles. The van der Waals surface area contributed by atoms with Gasteiger partial charge in [-0.3, -0.25) is 0 Å². The van der Waals surface area contributed by atoms with Crippen molar-refractivity contribution < 1.29 is 5.11 Å². The molecule has 0 amide bonds. The van der Waals surface area contributed by atoms with E-state index in [9.17, 15) is 0 Å². The van der Waals surface area contributed by atoms with Gasteiger partial charge in [-0.2, -0.15) is 0 Å². The third-order valence-corrected chi connectivity index (χ3v) is 2.30. The van der Waals surface area contributed by atoms with Gasteiger partial charge in [0, 0.05) is 6.61 Å². The van der Waals surface area contributed by atoms with Crippen molar-refractivity contribution in [1.82, 2.24) is 0 Å². The van der Waals surface area contributed by atoms with Gasteiger partial charge in [-0.1, -0.05) is 0 Å². The molecule has 1 nitrogen and oxygen atoms in total. The Morgan fingerprint density at radius 3 is 1.90 bits per heavy atom. The molecule has 1 aromatic rings. The molecule has 0 aliphatic rings. The fourth-order valence-electron chi connectivity index (χ4n) is 0.453. The van der Waals surface area contributed by atoms with Gasteiger partial charge >= 0.3 is 58.3 Å². The normalized spacial score (nSPS) is 7.90. The average molecular weight is 334 g/mol. The van der Waals surface area contributed by atoms with Crippen LogP contribution in [0.15, 0.2) is 30.3 Å². The van der Waals surface area contributed by atoms with Crippen LogP contribution in [0.2, 0.25) is 0 Å². The van der Waals surface area contributed by atoms with Crippen molar-refractivity contribution in [2.45, 2.75) is 6.92 Å². The molecule has 0 aliphatic carbocycles. The van der Waals surface area contributed by atoms with E-state index in [0.717, 1.165) is 24.7 Å². The van der Waals surface area contributed by atoms with E-state index in [4.69, 9.17) is 5.11 Å². The van der Waals surface area contributed by atoms with Gasteiger partial charge in [-0.05, 0) is 6.92 Å². The van der Waals surface area contributed by atoms with E-state index >= 15 is 0 Å². The first-order valence-electron chi connectivity index (χ1n) is 3.22. The maximum atomic E-state index is 7.57. The second kappa shape index (κ2) is 7.17. The zero-order valence-electron chi connectivity index (χ0n) is 6.12. The molecule has 1 aromatic carbocycles. The Labute approximate surface area is 76.9 Å². The molecular formula is C8H13BiO. The standard InChI is InChI=1S/C6H5.C2H6O.Bi.2H/c1-2-4-6-5-3-1;1-2-3;;;/h1-5H;3H,2H2,1H3;;;. The quantitative estimate of drug-likeness (QED) is 0.660. The van der Waals surface area contributed by atoms with Crippen molar-refractivity contribution in [3.63, 3.8) is 0 Å². The van der Waals surface area contributed by atoms with E-state index in [-0.39, 0.29) is 6.61 Å². The third kappa shape index (κ3) is 6.19. The molecule has 10 heavy (non-hydrogen) atoms. The van der Waals surface area contributed by atoms with Crippen LogP contribution in [0.1, 0.15) is 6.92 Å². The van der Waals surface area contributed by atoms with Crippen LogP contribution in [0.25, 0.3) is 0 Å². The van der Waals surface area contributed by atoms with Crippen LogP contribution in [-0.4, -0.2) is 36.4 Å². The van der Waals surface area contributed by atoms with Gasteiger partial charge < -0.3 is 5.11 Å². The Hall–Kier alpha value is 0.0631. The van der Waals surface area contributed by atoms with Crippen LogP contribution in [0, 0.1) is 0 Å². The Kier molecular flexibility index (Phi) is 7.22. The van der Waals surface area contributed by atoms with Crippen molar-refractivity contribution in [2.75, 3.05) is 6.61 Å². The fourth-order valence-corrected chi connectivity index (χ4v) is 1.32. The number of hydrogen-bond acceptors (Lipinski definition) is 1. The summed E-state index contributed by atoms with van der Waals surface area (Å²) >= 11 is 0.992. The molecule has 0 fully saturated rings. The Morgan fingerprint density at radius 1 is 1.30 bits per heavy atom. The van der Waals surface area contributed by atoms with Crippen LogP contribution < -0.4 is 3.27 Å². The van der Waals surface area contributed by atoms with Gasteiger partial charge in [0.1, 0.15) is 0 Å². The van der Waals surface area contributed by atoms with Gasteiger partial charge in [-0.15, -0.1) is 0 Å². The molecule has 0 atom stereocenters. The van der Waals surface area contributed by atoms with Crippen molar-refractivity contribution in [3.05, 3.63) is 30.3 Å². The molecule has 1 N–H and O–H groups in total. The molecule has 0 bridgehead atoms. The minimum absolute atomic E-state index is 0.250. The first-order valence-corrected chi connectivity index (χ1v) is 5.47. The maximum absolute atomic E-state index is 7.57. The monoisotopic (exact) mass is 334 g/mol. The molecule has 0 heterocycles. The summed E-state index contributed by atoms with van der Waals surface area (Å²) in [6.07, 6.45) is 0. The summed E-state index contributed by atoms with van der Waals surface area (Å²) in [5.74, 6) is 0. The van der Waals surface area contributed by atoms with E-state index in [1.807, 2.05) is 6.07 Å². The number of aliphatic hydroxyl groups is 1. The molecule has 0 unspecified atom stereocenters. The second-order valence-corrected chi connectivity index (χ2v) is 4.32. The van der Waals surface area contributed by atoms with Gasteiger partial charge in [0.05, 0.1) is 0 Å². The van der Waals surface area contributed by atoms with E-state index in [1.54, 1.807) is 6.92 Å². The molecule has 0 saturated heterocycles. The molecule has 0 saturated carbocycles. The van der Waals surface area contributed by atoms with E-state index in [1.165, 1.54) is 3.27 Å². The molecule has 0 spiro atoms. The molecule has 0 aliphatic heterocycles. The molecular weight excluding hydrogens is 321 g/mol. The summed E-state index contributed by atoms with van der Waals surface area (Å²) in [6.45, 7) is 1.93. The van der Waals surface area contributed by atoms with Crippen LogP contribution in [0.4, 0.5) is 0 Å². The number of aliphatic hydroxyl groups excluding tert-OH is 1. The zero-order valence-corrected chi connectivity index (χ0v) is 10.6. The van der Waals surface area contributed by atoms with Crippen LogP contribution in [-0.2, 0) is 0 Å². The molecule has 0 radical (unpaired) electrons. The van der Waals surface area contributed by atoms with E-state index < -0.39 is 0 Å². The topological polar surface area (TPSA) is 20.2 Å². The van der Waals surface area contributed by atoms with Gasteiger partial charge in [0.15, 0.2) is 0 Å². The molecule has 2 heteroatoms. The summed E-state index contributed by atoms with van der Waals surface area (Å²) in [5, 5.41) is 7.57. The number of rotatable bonds is 0. The Morgan fingerprint density at radius 2 is 1.70 bits per heavy atom. The first-order chi connectivity index (χ1) is 4.81. The molecule has 1 rings (SSSR count). The van der Waals surface area contributed by atoms with Crippen LogP contribution >= 0.6 is 0 Å². The third-order valence-electron chi connectivity index (χ3n) is 0.800.